The zero-order valence-electron chi connectivity index (χ0n) is 29.2. The van der Waals surface area contributed by atoms with Gasteiger partial charge in [-0.05, 0) is 96.1 Å². The van der Waals surface area contributed by atoms with Gasteiger partial charge in [0.15, 0.2) is 0 Å². The molecule has 0 radical (unpaired) electrons. The monoisotopic (exact) mass is 718 g/mol. The number of carbonyl (C=O) groups is 3. The van der Waals surface area contributed by atoms with Gasteiger partial charge in [-0.3, -0.25) is 14.4 Å². The molecule has 53 heavy (non-hydrogen) atoms. The Morgan fingerprint density at radius 2 is 1.26 bits per heavy atom. The van der Waals surface area contributed by atoms with Gasteiger partial charge >= 0.3 is 0 Å². The molecule has 0 bridgehead atoms. The average Bonchev–Trinajstić information content (AvgIpc) is 3.19. The fraction of sp³-hybridized carbons (Fsp3) is 0.0682. The molecule has 0 aliphatic heterocycles. The number of amides is 3. The first-order valence-electron chi connectivity index (χ1n) is 16.9. The quantitative estimate of drug-likeness (QED) is 0.0813. The molecule has 6 aromatic carbocycles. The van der Waals surface area contributed by atoms with Crippen molar-refractivity contribution in [1.82, 2.24) is 5.32 Å². The van der Waals surface area contributed by atoms with Crippen LogP contribution >= 0.6 is 11.8 Å². The molecule has 0 aliphatic carbocycles. The van der Waals surface area contributed by atoms with Gasteiger partial charge in [-0.1, -0.05) is 84.9 Å². The standard InChI is InChI=1S/C44H38N4O4S/c1-48(2)36-25-21-31(22-26-36)29-40(47-42(49)33-15-8-4-9-16-33)43(50)46-35-17-12-20-39(30-35)53-41(32-13-6-3-7-14-32)44(51)45-34-23-27-38(28-24-34)52-37-18-10-5-11-19-37/h3-30,41H,1-2H3,(H,45,51)(H,46,50)(H,47,49)/b40-29+. The van der Waals surface area contributed by atoms with E-state index in [0.717, 1.165) is 27.5 Å². The molecule has 0 aliphatic rings. The number of rotatable bonds is 13. The lowest BCUT2D eigenvalue weighted by Crippen LogP contribution is -2.30. The van der Waals surface area contributed by atoms with Crippen LogP contribution in [-0.4, -0.2) is 31.8 Å². The molecule has 6 rings (SSSR count). The predicted molar refractivity (Wildman–Crippen MR) is 214 cm³/mol. The highest BCUT2D eigenvalue weighted by atomic mass is 32.2. The van der Waals surface area contributed by atoms with Crippen LogP contribution in [0.2, 0.25) is 0 Å². The summed E-state index contributed by atoms with van der Waals surface area (Å²) in [5.74, 6) is 0.271. The van der Waals surface area contributed by atoms with Gasteiger partial charge in [0.25, 0.3) is 11.8 Å². The fourth-order valence-corrected chi connectivity index (χ4v) is 6.38. The van der Waals surface area contributed by atoms with E-state index >= 15 is 0 Å². The molecule has 9 heteroatoms. The lowest BCUT2D eigenvalue weighted by atomic mass is 10.1. The first kappa shape index (κ1) is 36.2. The van der Waals surface area contributed by atoms with Gasteiger partial charge in [0.05, 0.1) is 0 Å². The highest BCUT2D eigenvalue weighted by molar-refractivity contribution is 8.00. The van der Waals surface area contributed by atoms with Gasteiger partial charge in [0.1, 0.15) is 22.4 Å². The Hall–Kier alpha value is -6.58. The van der Waals surface area contributed by atoms with E-state index in [1.807, 2.05) is 140 Å². The second-order valence-electron chi connectivity index (χ2n) is 12.2. The maximum absolute atomic E-state index is 13.8. The SMILES string of the molecule is CN(C)c1ccc(/C=C(/NC(=O)c2ccccc2)C(=O)Nc2cccc(SC(C(=O)Nc3ccc(Oc4ccccc4)cc3)c3ccccc3)c2)cc1. The molecule has 8 nitrogen and oxygen atoms in total. The molecule has 0 aromatic heterocycles. The molecule has 6 aromatic rings. The summed E-state index contributed by atoms with van der Waals surface area (Å²) in [5, 5.41) is 8.17. The maximum Gasteiger partial charge on any atom is 0.272 e. The number of benzene rings is 6. The van der Waals surface area contributed by atoms with Crippen molar-refractivity contribution in [2.45, 2.75) is 10.1 Å². The largest absolute Gasteiger partial charge is 0.457 e. The van der Waals surface area contributed by atoms with Crippen molar-refractivity contribution >= 4 is 52.6 Å². The summed E-state index contributed by atoms with van der Waals surface area (Å²) >= 11 is 1.36. The Morgan fingerprint density at radius 1 is 0.642 bits per heavy atom. The van der Waals surface area contributed by atoms with Crippen molar-refractivity contribution in [3.05, 3.63) is 186 Å². The Kier molecular flexibility index (Phi) is 12.0. The molecule has 0 fully saturated rings. The Balaban J connectivity index is 1.19. The Bertz CT molecular complexity index is 2180. The number of hydrogen-bond donors (Lipinski definition) is 3. The summed E-state index contributed by atoms with van der Waals surface area (Å²) in [6.07, 6.45) is 1.64. The van der Waals surface area contributed by atoms with E-state index in [1.165, 1.54) is 11.8 Å². The van der Waals surface area contributed by atoms with E-state index in [9.17, 15) is 14.4 Å². The van der Waals surface area contributed by atoms with Crippen molar-refractivity contribution in [3.63, 3.8) is 0 Å². The highest BCUT2D eigenvalue weighted by Gasteiger charge is 2.23. The first-order chi connectivity index (χ1) is 25.8. The van der Waals surface area contributed by atoms with Crippen molar-refractivity contribution in [3.8, 4) is 11.5 Å². The number of anilines is 3. The number of nitrogens with one attached hydrogen (secondary N) is 3. The normalized spacial score (nSPS) is 11.5. The van der Waals surface area contributed by atoms with Crippen LogP contribution in [0, 0.1) is 0 Å². The molecule has 1 atom stereocenters. The first-order valence-corrected chi connectivity index (χ1v) is 17.8. The van der Waals surface area contributed by atoms with E-state index in [4.69, 9.17) is 4.74 Å². The fourth-order valence-electron chi connectivity index (χ4n) is 5.30. The van der Waals surface area contributed by atoms with Crippen LogP contribution in [-0.2, 0) is 9.59 Å². The maximum atomic E-state index is 13.8. The van der Waals surface area contributed by atoms with Crippen molar-refractivity contribution in [1.29, 1.82) is 0 Å². The lowest BCUT2D eigenvalue weighted by Gasteiger charge is -2.18. The minimum atomic E-state index is -0.604. The molecule has 3 amide bonds. The molecular weight excluding hydrogens is 681 g/mol. The van der Waals surface area contributed by atoms with E-state index in [-0.39, 0.29) is 11.6 Å². The number of nitrogens with zero attached hydrogens (tertiary/aromatic N) is 1. The lowest BCUT2D eigenvalue weighted by molar-refractivity contribution is -0.116. The molecule has 0 saturated carbocycles. The second-order valence-corrected chi connectivity index (χ2v) is 13.4. The van der Waals surface area contributed by atoms with E-state index in [0.29, 0.717) is 22.7 Å². The van der Waals surface area contributed by atoms with Crippen LogP contribution in [0.5, 0.6) is 11.5 Å². The van der Waals surface area contributed by atoms with Crippen LogP contribution in [0.25, 0.3) is 6.08 Å². The van der Waals surface area contributed by atoms with Crippen molar-refractivity contribution in [2.75, 3.05) is 29.6 Å². The third-order valence-corrected chi connectivity index (χ3v) is 9.28. The smallest absolute Gasteiger partial charge is 0.272 e. The zero-order chi connectivity index (χ0) is 37.0. The zero-order valence-corrected chi connectivity index (χ0v) is 30.0. The minimum absolute atomic E-state index is 0.0799. The molecule has 0 spiro atoms. The number of ether oxygens (including phenoxy) is 1. The summed E-state index contributed by atoms with van der Waals surface area (Å²) in [6.45, 7) is 0. The summed E-state index contributed by atoms with van der Waals surface area (Å²) in [5.41, 5.74) is 4.21. The van der Waals surface area contributed by atoms with Gasteiger partial charge in [-0.2, -0.15) is 0 Å². The summed E-state index contributed by atoms with van der Waals surface area (Å²) in [6, 6.07) is 49.9. The third-order valence-electron chi connectivity index (χ3n) is 8.04. The van der Waals surface area contributed by atoms with Crippen LogP contribution in [0.1, 0.15) is 26.7 Å². The summed E-state index contributed by atoms with van der Waals surface area (Å²) in [7, 11) is 3.90. The summed E-state index contributed by atoms with van der Waals surface area (Å²) in [4.78, 5) is 43.5. The van der Waals surface area contributed by atoms with E-state index in [1.54, 1.807) is 48.5 Å². The van der Waals surface area contributed by atoms with Crippen LogP contribution in [0.4, 0.5) is 17.1 Å². The number of carbonyl (C=O) groups excluding carboxylic acids is 3. The topological polar surface area (TPSA) is 99.8 Å². The molecule has 0 heterocycles. The van der Waals surface area contributed by atoms with Crippen LogP contribution < -0.4 is 25.6 Å². The van der Waals surface area contributed by atoms with Gasteiger partial charge in [0.2, 0.25) is 5.91 Å². The van der Waals surface area contributed by atoms with Gasteiger partial charge in [-0.25, -0.2) is 0 Å². The van der Waals surface area contributed by atoms with E-state index < -0.39 is 17.1 Å². The number of hydrogen-bond acceptors (Lipinski definition) is 6. The molecule has 0 saturated heterocycles. The van der Waals surface area contributed by atoms with Crippen molar-refractivity contribution in [2.24, 2.45) is 0 Å². The second kappa shape index (κ2) is 17.6. The van der Waals surface area contributed by atoms with Gasteiger partial charge in [-0.15, -0.1) is 11.8 Å². The highest BCUT2D eigenvalue weighted by Crippen LogP contribution is 2.37. The minimum Gasteiger partial charge on any atom is -0.457 e. The van der Waals surface area contributed by atoms with E-state index in [2.05, 4.69) is 16.0 Å². The van der Waals surface area contributed by atoms with Gasteiger partial charge in [0, 0.05) is 41.6 Å². The molecule has 1 unspecified atom stereocenters. The number of para-hydroxylation sites is 1. The third kappa shape index (κ3) is 10.2. The van der Waals surface area contributed by atoms with Crippen molar-refractivity contribution < 1.29 is 19.1 Å². The number of thioether (sulfide) groups is 1. The molecule has 3 N–H and O–H groups in total. The van der Waals surface area contributed by atoms with Gasteiger partial charge < -0.3 is 25.6 Å². The molecule has 264 valence electrons. The Morgan fingerprint density at radius 3 is 1.92 bits per heavy atom. The molecular formula is C44H38N4O4S. The van der Waals surface area contributed by atoms with Crippen LogP contribution in [0.3, 0.4) is 0 Å². The summed E-state index contributed by atoms with van der Waals surface area (Å²) < 4.78 is 5.90. The average molecular weight is 719 g/mol. The Labute approximate surface area is 313 Å². The van der Waals surface area contributed by atoms with Crippen LogP contribution in [0.15, 0.2) is 174 Å². The predicted octanol–water partition coefficient (Wildman–Crippen LogP) is 9.43.